The molecule has 0 aromatic heterocycles. The molecule has 0 amide bonds. The zero-order chi connectivity index (χ0) is 25.7. The van der Waals surface area contributed by atoms with E-state index in [-0.39, 0.29) is 18.8 Å². The first-order chi connectivity index (χ1) is 17.4. The maximum Gasteiger partial charge on any atom is 0.335 e. The first-order valence-corrected chi connectivity index (χ1v) is 13.3. The summed E-state index contributed by atoms with van der Waals surface area (Å²) in [5, 5.41) is 38.5. The van der Waals surface area contributed by atoms with Crippen LogP contribution in [0.25, 0.3) is 11.1 Å². The van der Waals surface area contributed by atoms with Crippen molar-refractivity contribution >= 4 is 11.9 Å². The summed E-state index contributed by atoms with van der Waals surface area (Å²) in [5.74, 6) is -0.358. The molecule has 2 saturated carbocycles. The fourth-order valence-electron chi connectivity index (χ4n) is 6.24. The van der Waals surface area contributed by atoms with Crippen molar-refractivity contribution in [3.05, 3.63) is 58.7 Å². The Balaban J connectivity index is 1.72. The standard InChI is InChI=1S/C30H38O6/c31-17-21-5-1-19(2-6-21)15-27-25(23-9-11-24(12-10-23)29(33)34)13-14-26(30(35)36)28(27)16-20-3-7-22(18-32)8-4-20/h9-14,19-22,31-32H,1-8,15-18H2,(H,33,34)(H,35,36). The first kappa shape index (κ1) is 26.4. The van der Waals surface area contributed by atoms with E-state index < -0.39 is 11.9 Å². The van der Waals surface area contributed by atoms with E-state index >= 15 is 0 Å². The molecule has 2 aromatic carbocycles. The number of hydrogen-bond acceptors (Lipinski definition) is 4. The molecule has 4 rings (SSSR count). The molecular formula is C30H38O6. The molecule has 0 bridgehead atoms. The van der Waals surface area contributed by atoms with Crippen LogP contribution in [0.4, 0.5) is 0 Å². The normalized spacial score (nSPS) is 24.4. The number of aromatic carboxylic acids is 2. The smallest absolute Gasteiger partial charge is 0.335 e. The van der Waals surface area contributed by atoms with Crippen molar-refractivity contribution in [1.82, 2.24) is 0 Å². The van der Waals surface area contributed by atoms with Crippen LogP contribution >= 0.6 is 0 Å². The Hall–Kier alpha value is -2.70. The van der Waals surface area contributed by atoms with E-state index in [9.17, 15) is 30.0 Å². The van der Waals surface area contributed by atoms with Gasteiger partial charge >= 0.3 is 11.9 Å². The van der Waals surface area contributed by atoms with Crippen LogP contribution in [0.1, 0.15) is 83.2 Å². The third-order valence-electron chi connectivity index (χ3n) is 8.54. The van der Waals surface area contributed by atoms with Gasteiger partial charge < -0.3 is 20.4 Å². The molecule has 0 aliphatic heterocycles. The van der Waals surface area contributed by atoms with Crippen LogP contribution in [0.15, 0.2) is 36.4 Å². The Morgan fingerprint density at radius 3 is 1.53 bits per heavy atom. The second-order valence-electron chi connectivity index (χ2n) is 10.9. The average Bonchev–Trinajstić information content (AvgIpc) is 2.90. The van der Waals surface area contributed by atoms with E-state index in [2.05, 4.69) is 0 Å². The molecular weight excluding hydrogens is 456 g/mol. The topological polar surface area (TPSA) is 115 Å². The minimum atomic E-state index is -0.970. The summed E-state index contributed by atoms with van der Waals surface area (Å²) in [6.07, 6.45) is 9.43. The molecule has 2 aliphatic rings. The largest absolute Gasteiger partial charge is 0.478 e. The second kappa shape index (κ2) is 12.0. The van der Waals surface area contributed by atoms with Crippen molar-refractivity contribution in [2.45, 2.75) is 64.2 Å². The summed E-state index contributed by atoms with van der Waals surface area (Å²) < 4.78 is 0. The molecule has 2 aliphatic carbocycles. The lowest BCUT2D eigenvalue weighted by molar-refractivity contribution is 0.0685. The van der Waals surface area contributed by atoms with Gasteiger partial charge in [-0.3, -0.25) is 0 Å². The van der Waals surface area contributed by atoms with E-state index in [1.807, 2.05) is 18.2 Å². The Bertz CT molecular complexity index is 1040. The van der Waals surface area contributed by atoms with Gasteiger partial charge in [0.25, 0.3) is 0 Å². The van der Waals surface area contributed by atoms with Crippen molar-refractivity contribution in [1.29, 1.82) is 0 Å². The van der Waals surface area contributed by atoms with Crippen molar-refractivity contribution in [3.63, 3.8) is 0 Å². The molecule has 0 atom stereocenters. The van der Waals surface area contributed by atoms with E-state index in [0.717, 1.165) is 80.0 Å². The Labute approximate surface area is 213 Å². The van der Waals surface area contributed by atoms with Gasteiger partial charge in [0.15, 0.2) is 0 Å². The molecule has 194 valence electrons. The Morgan fingerprint density at radius 1 is 0.611 bits per heavy atom. The van der Waals surface area contributed by atoms with Gasteiger partial charge in [0.05, 0.1) is 11.1 Å². The summed E-state index contributed by atoms with van der Waals surface area (Å²) >= 11 is 0. The van der Waals surface area contributed by atoms with Gasteiger partial charge in [0.2, 0.25) is 0 Å². The zero-order valence-electron chi connectivity index (χ0n) is 20.9. The lowest BCUT2D eigenvalue weighted by Crippen LogP contribution is -2.22. The maximum absolute atomic E-state index is 12.3. The highest BCUT2D eigenvalue weighted by Gasteiger charge is 2.28. The van der Waals surface area contributed by atoms with Crippen LogP contribution in [0.3, 0.4) is 0 Å². The molecule has 2 aromatic rings. The quantitative estimate of drug-likeness (QED) is 0.369. The Morgan fingerprint density at radius 2 is 1.08 bits per heavy atom. The number of carboxylic acids is 2. The van der Waals surface area contributed by atoms with Crippen molar-refractivity contribution in [3.8, 4) is 11.1 Å². The van der Waals surface area contributed by atoms with Crippen LogP contribution in [0, 0.1) is 23.7 Å². The molecule has 0 saturated heterocycles. The lowest BCUT2D eigenvalue weighted by atomic mass is 9.74. The molecule has 0 heterocycles. The number of aliphatic hydroxyl groups excluding tert-OH is 2. The molecule has 0 unspecified atom stereocenters. The highest BCUT2D eigenvalue weighted by atomic mass is 16.4. The number of benzene rings is 2. The Kier molecular flexibility index (Phi) is 8.81. The fourth-order valence-corrected chi connectivity index (χ4v) is 6.24. The van der Waals surface area contributed by atoms with Gasteiger partial charge in [-0.25, -0.2) is 9.59 Å². The predicted molar refractivity (Wildman–Crippen MR) is 138 cm³/mol. The highest BCUT2D eigenvalue weighted by molar-refractivity contribution is 5.92. The van der Waals surface area contributed by atoms with Crippen molar-refractivity contribution in [2.24, 2.45) is 23.7 Å². The average molecular weight is 495 g/mol. The third-order valence-corrected chi connectivity index (χ3v) is 8.54. The predicted octanol–water partition coefficient (Wildman–Crippen LogP) is 5.43. The number of rotatable bonds is 9. The molecule has 2 fully saturated rings. The highest BCUT2D eigenvalue weighted by Crippen LogP contribution is 2.39. The van der Waals surface area contributed by atoms with E-state index in [0.29, 0.717) is 35.7 Å². The van der Waals surface area contributed by atoms with Gasteiger partial charge in [-0.15, -0.1) is 0 Å². The van der Waals surface area contributed by atoms with E-state index in [4.69, 9.17) is 0 Å². The van der Waals surface area contributed by atoms with Gasteiger partial charge in [-0.1, -0.05) is 18.2 Å². The monoisotopic (exact) mass is 494 g/mol. The van der Waals surface area contributed by atoms with E-state index in [1.165, 1.54) is 0 Å². The van der Waals surface area contributed by atoms with Gasteiger partial charge in [0.1, 0.15) is 0 Å². The van der Waals surface area contributed by atoms with Gasteiger partial charge in [-0.05, 0) is 128 Å². The van der Waals surface area contributed by atoms with Crippen molar-refractivity contribution in [2.75, 3.05) is 13.2 Å². The summed E-state index contributed by atoms with van der Waals surface area (Å²) in [6.45, 7) is 0.445. The van der Waals surface area contributed by atoms with Crippen LogP contribution in [-0.4, -0.2) is 45.6 Å². The summed E-state index contributed by atoms with van der Waals surface area (Å²) in [6, 6.07) is 10.5. The molecule has 0 spiro atoms. The number of aliphatic hydroxyl groups is 2. The molecule has 6 nitrogen and oxygen atoms in total. The lowest BCUT2D eigenvalue weighted by Gasteiger charge is -2.31. The van der Waals surface area contributed by atoms with Crippen LogP contribution in [0.5, 0.6) is 0 Å². The van der Waals surface area contributed by atoms with Crippen LogP contribution in [-0.2, 0) is 12.8 Å². The second-order valence-corrected chi connectivity index (χ2v) is 10.9. The maximum atomic E-state index is 12.3. The molecule has 36 heavy (non-hydrogen) atoms. The van der Waals surface area contributed by atoms with E-state index in [1.54, 1.807) is 18.2 Å². The van der Waals surface area contributed by atoms with Crippen LogP contribution in [0.2, 0.25) is 0 Å². The minimum absolute atomic E-state index is 0.219. The molecule has 6 heteroatoms. The van der Waals surface area contributed by atoms with Crippen molar-refractivity contribution < 1.29 is 30.0 Å². The summed E-state index contributed by atoms with van der Waals surface area (Å²) in [5.41, 5.74) is 4.48. The summed E-state index contributed by atoms with van der Waals surface area (Å²) in [4.78, 5) is 23.7. The minimum Gasteiger partial charge on any atom is -0.478 e. The van der Waals surface area contributed by atoms with Crippen LogP contribution < -0.4 is 0 Å². The third kappa shape index (κ3) is 6.16. The zero-order valence-corrected chi connectivity index (χ0v) is 20.9. The van der Waals surface area contributed by atoms with Gasteiger partial charge in [-0.2, -0.15) is 0 Å². The number of hydrogen-bond donors (Lipinski definition) is 4. The molecule has 4 N–H and O–H groups in total. The number of carboxylic acid groups (broad SMARTS) is 2. The summed E-state index contributed by atoms with van der Waals surface area (Å²) in [7, 11) is 0. The number of carbonyl (C=O) groups is 2. The fraction of sp³-hybridized carbons (Fsp3) is 0.533. The molecule has 0 radical (unpaired) electrons. The SMILES string of the molecule is O=C(O)c1ccc(-c2ccc(C(=O)O)c(CC3CCC(CO)CC3)c2CC2CCC(CO)CC2)cc1. The van der Waals surface area contributed by atoms with Gasteiger partial charge in [0, 0.05) is 13.2 Å². The first-order valence-electron chi connectivity index (χ1n) is 13.3.